The summed E-state index contributed by atoms with van der Waals surface area (Å²) in [5.41, 5.74) is 0.437. The van der Waals surface area contributed by atoms with E-state index in [9.17, 15) is 5.11 Å². The molecule has 0 aliphatic heterocycles. The number of hydrazone groups is 1. The van der Waals surface area contributed by atoms with Gasteiger partial charge in [-0.15, -0.1) is 0 Å². The number of hydrogen-bond donors (Lipinski definition) is 2. The fraction of sp³-hybridized carbons (Fsp3) is 0. The van der Waals surface area contributed by atoms with Gasteiger partial charge in [0, 0.05) is 5.56 Å². The SMILES string of the molecule is NN=Cc1ccc(Cl)c(Cl)c1O. The molecule has 3 nitrogen and oxygen atoms in total. The molecule has 0 saturated carbocycles. The normalized spacial score (nSPS) is 10.8. The predicted octanol–water partition coefficient (Wildman–Crippen LogP) is 1.99. The number of rotatable bonds is 1. The Bertz CT molecular complexity index is 325. The van der Waals surface area contributed by atoms with Crippen LogP contribution >= 0.6 is 23.2 Å². The van der Waals surface area contributed by atoms with Crippen LogP contribution in [0.4, 0.5) is 0 Å². The lowest BCUT2D eigenvalue weighted by molar-refractivity contribution is 0.475. The molecule has 1 aromatic rings. The molecule has 0 heterocycles. The summed E-state index contributed by atoms with van der Waals surface area (Å²) in [6, 6.07) is 3.13. The Morgan fingerprint density at radius 3 is 2.67 bits per heavy atom. The molecule has 0 saturated heterocycles. The van der Waals surface area contributed by atoms with Crippen molar-refractivity contribution in [2.24, 2.45) is 10.9 Å². The molecule has 12 heavy (non-hydrogen) atoms. The first-order valence-electron chi connectivity index (χ1n) is 3.07. The monoisotopic (exact) mass is 204 g/mol. The van der Waals surface area contributed by atoms with E-state index in [2.05, 4.69) is 5.10 Å². The van der Waals surface area contributed by atoms with Crippen molar-refractivity contribution in [3.8, 4) is 5.75 Å². The van der Waals surface area contributed by atoms with Crippen LogP contribution in [-0.4, -0.2) is 11.3 Å². The van der Waals surface area contributed by atoms with Crippen molar-refractivity contribution in [2.75, 3.05) is 0 Å². The van der Waals surface area contributed by atoms with Gasteiger partial charge in [0.25, 0.3) is 0 Å². The molecule has 5 heteroatoms. The van der Waals surface area contributed by atoms with Gasteiger partial charge >= 0.3 is 0 Å². The molecular formula is C7H6Cl2N2O. The second-order valence-electron chi connectivity index (χ2n) is 2.08. The molecule has 1 rings (SSSR count). The first-order valence-corrected chi connectivity index (χ1v) is 3.82. The summed E-state index contributed by atoms with van der Waals surface area (Å²) in [5.74, 6) is 4.79. The third-order valence-corrected chi connectivity index (χ3v) is 2.11. The number of nitrogens with two attached hydrogens (primary N) is 1. The largest absolute Gasteiger partial charge is 0.506 e. The third-order valence-electron chi connectivity index (χ3n) is 1.31. The van der Waals surface area contributed by atoms with Crippen molar-refractivity contribution in [1.82, 2.24) is 0 Å². The Labute approximate surface area is 79.4 Å². The molecule has 0 amide bonds. The van der Waals surface area contributed by atoms with E-state index in [-0.39, 0.29) is 10.8 Å². The molecule has 1 aromatic carbocycles. The van der Waals surface area contributed by atoms with Crippen molar-refractivity contribution < 1.29 is 5.11 Å². The summed E-state index contributed by atoms with van der Waals surface area (Å²) in [6.07, 6.45) is 1.29. The van der Waals surface area contributed by atoms with Crippen LogP contribution in [0.15, 0.2) is 17.2 Å². The predicted molar refractivity (Wildman–Crippen MR) is 49.9 cm³/mol. The van der Waals surface area contributed by atoms with Crippen LogP contribution in [0.3, 0.4) is 0 Å². The van der Waals surface area contributed by atoms with E-state index in [1.807, 2.05) is 0 Å². The van der Waals surface area contributed by atoms with E-state index in [4.69, 9.17) is 29.0 Å². The first-order chi connectivity index (χ1) is 5.66. The van der Waals surface area contributed by atoms with Gasteiger partial charge in [0.1, 0.15) is 10.8 Å². The smallest absolute Gasteiger partial charge is 0.144 e. The van der Waals surface area contributed by atoms with Crippen LogP contribution in [0, 0.1) is 0 Å². The van der Waals surface area contributed by atoms with Crippen LogP contribution < -0.4 is 5.84 Å². The average molecular weight is 205 g/mol. The minimum absolute atomic E-state index is 0.106. The van der Waals surface area contributed by atoms with Gasteiger partial charge < -0.3 is 10.9 Å². The maximum Gasteiger partial charge on any atom is 0.144 e. The van der Waals surface area contributed by atoms with Gasteiger partial charge in [0.15, 0.2) is 0 Å². The van der Waals surface area contributed by atoms with Crippen molar-refractivity contribution >= 4 is 29.4 Å². The van der Waals surface area contributed by atoms with E-state index < -0.39 is 0 Å². The Kier molecular flexibility index (Phi) is 2.78. The summed E-state index contributed by atoms with van der Waals surface area (Å²) in [4.78, 5) is 0. The van der Waals surface area contributed by atoms with Crippen LogP contribution in [0.2, 0.25) is 10.0 Å². The fourth-order valence-electron chi connectivity index (χ4n) is 0.739. The number of phenols is 1. The van der Waals surface area contributed by atoms with Crippen molar-refractivity contribution in [2.45, 2.75) is 0 Å². The van der Waals surface area contributed by atoms with Crippen molar-refractivity contribution in [1.29, 1.82) is 0 Å². The highest BCUT2D eigenvalue weighted by Crippen LogP contribution is 2.32. The Hall–Kier alpha value is -0.930. The lowest BCUT2D eigenvalue weighted by Crippen LogP contribution is -1.87. The number of phenolic OH excluding ortho intramolecular Hbond substituents is 1. The first kappa shape index (κ1) is 9.16. The van der Waals surface area contributed by atoms with E-state index in [1.165, 1.54) is 6.21 Å². The van der Waals surface area contributed by atoms with Crippen molar-refractivity contribution in [3.63, 3.8) is 0 Å². The molecule has 0 fully saturated rings. The zero-order chi connectivity index (χ0) is 9.14. The highest BCUT2D eigenvalue weighted by Gasteiger charge is 2.06. The highest BCUT2D eigenvalue weighted by atomic mass is 35.5. The van der Waals surface area contributed by atoms with Gasteiger partial charge in [0.2, 0.25) is 0 Å². The quantitative estimate of drug-likeness (QED) is 0.418. The lowest BCUT2D eigenvalue weighted by Gasteiger charge is -2.01. The van der Waals surface area contributed by atoms with Crippen LogP contribution in [-0.2, 0) is 0 Å². The van der Waals surface area contributed by atoms with Gasteiger partial charge in [-0.2, -0.15) is 5.10 Å². The van der Waals surface area contributed by atoms with Gasteiger partial charge in [-0.25, -0.2) is 0 Å². The molecular weight excluding hydrogens is 199 g/mol. The zero-order valence-corrected chi connectivity index (χ0v) is 7.47. The topological polar surface area (TPSA) is 58.6 Å². The summed E-state index contributed by atoms with van der Waals surface area (Å²) < 4.78 is 0. The Morgan fingerprint density at radius 1 is 1.42 bits per heavy atom. The van der Waals surface area contributed by atoms with Crippen LogP contribution in [0.1, 0.15) is 5.56 Å². The van der Waals surface area contributed by atoms with Crippen molar-refractivity contribution in [3.05, 3.63) is 27.7 Å². The number of hydrogen-bond acceptors (Lipinski definition) is 3. The molecule has 0 radical (unpaired) electrons. The van der Waals surface area contributed by atoms with Crippen LogP contribution in [0.25, 0.3) is 0 Å². The Balaban J connectivity index is 3.26. The van der Waals surface area contributed by atoms with Gasteiger partial charge in [-0.3, -0.25) is 0 Å². The van der Waals surface area contributed by atoms with E-state index in [0.29, 0.717) is 10.6 Å². The minimum Gasteiger partial charge on any atom is -0.506 e. The standard InChI is InChI=1S/C7H6Cl2N2O/c8-5-2-1-4(3-11-10)7(12)6(5)9/h1-3,12H,10H2. The molecule has 3 N–H and O–H groups in total. The summed E-state index contributed by atoms with van der Waals surface area (Å²) in [6.45, 7) is 0. The number of halogens is 2. The molecule has 0 aliphatic carbocycles. The average Bonchev–Trinajstić information content (AvgIpc) is 2.07. The maximum atomic E-state index is 9.35. The van der Waals surface area contributed by atoms with Gasteiger partial charge in [-0.05, 0) is 12.1 Å². The second kappa shape index (κ2) is 3.65. The van der Waals surface area contributed by atoms with Gasteiger partial charge in [-0.1, -0.05) is 23.2 Å². The van der Waals surface area contributed by atoms with Gasteiger partial charge in [0.05, 0.1) is 11.2 Å². The summed E-state index contributed by atoms with van der Waals surface area (Å²) in [7, 11) is 0. The molecule has 0 atom stereocenters. The van der Waals surface area contributed by atoms with E-state index in [0.717, 1.165) is 0 Å². The molecule has 0 aliphatic rings. The molecule has 64 valence electrons. The fourth-order valence-corrected chi connectivity index (χ4v) is 1.06. The summed E-state index contributed by atoms with van der Waals surface area (Å²) in [5, 5.41) is 13.0. The number of benzene rings is 1. The van der Waals surface area contributed by atoms with E-state index in [1.54, 1.807) is 12.1 Å². The Morgan fingerprint density at radius 2 is 2.08 bits per heavy atom. The molecule has 0 unspecified atom stereocenters. The summed E-state index contributed by atoms with van der Waals surface area (Å²) >= 11 is 11.3. The highest BCUT2D eigenvalue weighted by molar-refractivity contribution is 6.43. The number of aromatic hydroxyl groups is 1. The molecule has 0 spiro atoms. The minimum atomic E-state index is -0.113. The second-order valence-corrected chi connectivity index (χ2v) is 2.86. The molecule has 0 aromatic heterocycles. The van der Waals surface area contributed by atoms with Crippen LogP contribution in [0.5, 0.6) is 5.75 Å². The third kappa shape index (κ3) is 1.62. The number of nitrogens with zero attached hydrogens (tertiary/aromatic N) is 1. The lowest BCUT2D eigenvalue weighted by atomic mass is 10.2. The zero-order valence-electron chi connectivity index (χ0n) is 5.96. The van der Waals surface area contributed by atoms with E-state index >= 15 is 0 Å². The molecule has 0 bridgehead atoms. The maximum absolute atomic E-state index is 9.35.